The van der Waals surface area contributed by atoms with Crippen molar-refractivity contribution in [3.63, 3.8) is 0 Å². The third kappa shape index (κ3) is 2.59. The van der Waals surface area contributed by atoms with E-state index in [9.17, 15) is 9.18 Å². The molecule has 3 aromatic rings. The number of thiophene rings is 1. The number of carbonyl (C=O) groups excluding carboxylic acids is 1. The largest absolute Gasteiger partial charge is 0.397 e. The topological polar surface area (TPSA) is 72.9 Å². The molecule has 3 N–H and O–H groups in total. The molecule has 0 saturated carbocycles. The van der Waals surface area contributed by atoms with Crippen molar-refractivity contribution in [2.24, 2.45) is 7.05 Å². The van der Waals surface area contributed by atoms with Gasteiger partial charge < -0.3 is 11.1 Å². The molecule has 0 saturated heterocycles. The molecule has 0 aliphatic rings. The number of benzene rings is 1. The van der Waals surface area contributed by atoms with Gasteiger partial charge in [-0.2, -0.15) is 5.10 Å². The Morgan fingerprint density at radius 1 is 1.48 bits per heavy atom. The van der Waals surface area contributed by atoms with Crippen LogP contribution in [0.25, 0.3) is 10.1 Å². The number of aromatic nitrogens is 2. The number of nitrogens with zero attached hydrogens (tertiary/aromatic N) is 2. The Kier molecular flexibility index (Phi) is 3.34. The highest BCUT2D eigenvalue weighted by molar-refractivity contribution is 7.21. The van der Waals surface area contributed by atoms with Crippen LogP contribution in [0.4, 0.5) is 10.1 Å². The van der Waals surface area contributed by atoms with E-state index in [0.29, 0.717) is 22.5 Å². The molecule has 5 nitrogen and oxygen atoms in total. The maximum Gasteiger partial charge on any atom is 0.263 e. The first-order chi connectivity index (χ1) is 10.0. The molecule has 0 unspecified atom stereocenters. The summed E-state index contributed by atoms with van der Waals surface area (Å²) in [4.78, 5) is 12.6. The molecule has 0 radical (unpaired) electrons. The molecule has 3 rings (SSSR count). The van der Waals surface area contributed by atoms with Gasteiger partial charge in [0.1, 0.15) is 10.7 Å². The van der Waals surface area contributed by atoms with Crippen LogP contribution in [0.3, 0.4) is 0 Å². The number of aryl methyl sites for hydroxylation is 1. The molecule has 0 bridgehead atoms. The summed E-state index contributed by atoms with van der Waals surface area (Å²) in [6.07, 6.45) is 1.80. The first-order valence-electron chi connectivity index (χ1n) is 6.29. The Morgan fingerprint density at radius 2 is 2.29 bits per heavy atom. The summed E-state index contributed by atoms with van der Waals surface area (Å²) in [6, 6.07) is 6.15. The van der Waals surface area contributed by atoms with Gasteiger partial charge in [-0.3, -0.25) is 9.48 Å². The maximum atomic E-state index is 13.2. The van der Waals surface area contributed by atoms with Crippen molar-refractivity contribution in [2.45, 2.75) is 6.54 Å². The van der Waals surface area contributed by atoms with E-state index in [4.69, 9.17) is 5.73 Å². The molecule has 0 fully saturated rings. The predicted molar refractivity (Wildman–Crippen MR) is 80.6 cm³/mol. The fourth-order valence-electron chi connectivity index (χ4n) is 2.07. The number of nitrogens with two attached hydrogens (primary N) is 1. The second-order valence-electron chi connectivity index (χ2n) is 4.65. The highest BCUT2D eigenvalue weighted by Gasteiger charge is 2.16. The van der Waals surface area contributed by atoms with E-state index in [0.717, 1.165) is 10.4 Å². The van der Waals surface area contributed by atoms with Crippen LogP contribution in [0.1, 0.15) is 15.4 Å². The van der Waals surface area contributed by atoms with E-state index < -0.39 is 0 Å². The van der Waals surface area contributed by atoms with Crippen LogP contribution < -0.4 is 11.1 Å². The quantitative estimate of drug-likeness (QED) is 0.779. The minimum absolute atomic E-state index is 0.278. The zero-order valence-electron chi connectivity index (χ0n) is 11.3. The van der Waals surface area contributed by atoms with Gasteiger partial charge in [-0.05, 0) is 24.3 Å². The monoisotopic (exact) mass is 304 g/mol. The first kappa shape index (κ1) is 13.6. The summed E-state index contributed by atoms with van der Waals surface area (Å²) < 4.78 is 15.7. The Morgan fingerprint density at radius 3 is 3.00 bits per heavy atom. The number of hydrogen-bond acceptors (Lipinski definition) is 4. The summed E-state index contributed by atoms with van der Waals surface area (Å²) in [6.45, 7) is 0.321. The van der Waals surface area contributed by atoms with Gasteiger partial charge in [0.05, 0.1) is 17.9 Å². The van der Waals surface area contributed by atoms with Crippen LogP contribution in [-0.4, -0.2) is 15.7 Å². The van der Waals surface area contributed by atoms with Gasteiger partial charge in [0.15, 0.2) is 0 Å². The number of nitrogen functional groups attached to an aromatic ring is 1. The SMILES string of the molecule is Cn1ccc(CNC(=O)c2sc3ccc(F)cc3c2N)n1. The number of fused-ring (bicyclic) bond motifs is 1. The zero-order chi connectivity index (χ0) is 15.0. The van der Waals surface area contributed by atoms with Crippen LogP contribution in [0.15, 0.2) is 30.5 Å². The van der Waals surface area contributed by atoms with Crippen molar-refractivity contribution >= 4 is 33.0 Å². The number of amides is 1. The van der Waals surface area contributed by atoms with Gasteiger partial charge in [0.2, 0.25) is 0 Å². The van der Waals surface area contributed by atoms with E-state index in [1.165, 1.54) is 23.5 Å². The molecule has 0 aliphatic heterocycles. The minimum Gasteiger partial charge on any atom is -0.397 e. The minimum atomic E-state index is -0.368. The van der Waals surface area contributed by atoms with Crippen LogP contribution in [0, 0.1) is 5.82 Å². The number of carbonyl (C=O) groups is 1. The molecule has 0 atom stereocenters. The van der Waals surface area contributed by atoms with Crippen molar-refractivity contribution in [2.75, 3.05) is 5.73 Å². The van der Waals surface area contributed by atoms with E-state index in [-0.39, 0.29) is 11.7 Å². The first-order valence-corrected chi connectivity index (χ1v) is 7.10. The van der Waals surface area contributed by atoms with E-state index in [2.05, 4.69) is 10.4 Å². The summed E-state index contributed by atoms with van der Waals surface area (Å²) >= 11 is 1.25. The van der Waals surface area contributed by atoms with Gasteiger partial charge in [0, 0.05) is 23.3 Å². The number of halogens is 1. The van der Waals surface area contributed by atoms with Crippen molar-refractivity contribution in [1.82, 2.24) is 15.1 Å². The van der Waals surface area contributed by atoms with Gasteiger partial charge in [-0.15, -0.1) is 11.3 Å². The lowest BCUT2D eigenvalue weighted by Gasteiger charge is -2.02. The summed E-state index contributed by atoms with van der Waals surface area (Å²) in [5.74, 6) is -0.646. The number of nitrogens with one attached hydrogen (secondary N) is 1. The Hall–Kier alpha value is -2.41. The predicted octanol–water partition coefficient (Wildman–Crippen LogP) is 2.29. The summed E-state index contributed by atoms with van der Waals surface area (Å²) in [5, 5.41) is 7.52. The summed E-state index contributed by atoms with van der Waals surface area (Å²) in [5.41, 5.74) is 7.02. The van der Waals surface area contributed by atoms with Crippen LogP contribution in [0.5, 0.6) is 0 Å². The Bertz CT molecular complexity index is 824. The second kappa shape index (κ2) is 5.17. The lowest BCUT2D eigenvalue weighted by Crippen LogP contribution is -2.23. The number of rotatable bonds is 3. The van der Waals surface area contributed by atoms with Crippen LogP contribution >= 0.6 is 11.3 Å². The molecule has 1 aromatic carbocycles. The molecule has 1 amide bonds. The van der Waals surface area contributed by atoms with Crippen molar-refractivity contribution in [1.29, 1.82) is 0 Å². The molecule has 2 aromatic heterocycles. The molecule has 21 heavy (non-hydrogen) atoms. The smallest absolute Gasteiger partial charge is 0.263 e. The van der Waals surface area contributed by atoms with Crippen LogP contribution in [0.2, 0.25) is 0 Å². The Labute approximate surface area is 124 Å². The number of anilines is 1. The van der Waals surface area contributed by atoms with E-state index >= 15 is 0 Å². The highest BCUT2D eigenvalue weighted by atomic mass is 32.1. The lowest BCUT2D eigenvalue weighted by atomic mass is 10.2. The van der Waals surface area contributed by atoms with E-state index in [1.54, 1.807) is 16.9 Å². The Balaban J connectivity index is 1.82. The summed E-state index contributed by atoms with van der Waals surface area (Å²) in [7, 11) is 1.81. The third-order valence-electron chi connectivity index (χ3n) is 3.09. The van der Waals surface area contributed by atoms with Gasteiger partial charge in [0.25, 0.3) is 5.91 Å². The van der Waals surface area contributed by atoms with Crippen molar-refractivity contribution in [3.05, 3.63) is 46.9 Å². The highest BCUT2D eigenvalue weighted by Crippen LogP contribution is 2.33. The standard InChI is InChI=1S/C14H13FN4OS/c1-19-5-4-9(18-19)7-17-14(20)13-12(16)10-6-8(15)2-3-11(10)21-13/h2-6H,7,16H2,1H3,(H,17,20). The molecule has 108 valence electrons. The normalized spacial score (nSPS) is 11.0. The molecule has 0 spiro atoms. The lowest BCUT2D eigenvalue weighted by molar-refractivity contribution is 0.0955. The van der Waals surface area contributed by atoms with Gasteiger partial charge >= 0.3 is 0 Å². The van der Waals surface area contributed by atoms with Crippen LogP contribution in [-0.2, 0) is 13.6 Å². The maximum absolute atomic E-state index is 13.2. The second-order valence-corrected chi connectivity index (χ2v) is 5.70. The van der Waals surface area contributed by atoms with E-state index in [1.807, 2.05) is 13.1 Å². The zero-order valence-corrected chi connectivity index (χ0v) is 12.1. The molecular formula is C14H13FN4OS. The average molecular weight is 304 g/mol. The third-order valence-corrected chi connectivity index (χ3v) is 4.28. The number of hydrogen-bond donors (Lipinski definition) is 2. The van der Waals surface area contributed by atoms with Crippen molar-refractivity contribution < 1.29 is 9.18 Å². The van der Waals surface area contributed by atoms with Gasteiger partial charge in [-0.1, -0.05) is 0 Å². The van der Waals surface area contributed by atoms with Crippen molar-refractivity contribution in [3.8, 4) is 0 Å². The molecule has 0 aliphatic carbocycles. The fraction of sp³-hybridized carbons (Fsp3) is 0.143. The van der Waals surface area contributed by atoms with Gasteiger partial charge in [-0.25, -0.2) is 4.39 Å². The molecule has 2 heterocycles. The molecular weight excluding hydrogens is 291 g/mol. The fourth-order valence-corrected chi connectivity index (χ4v) is 3.09. The average Bonchev–Trinajstić information content (AvgIpc) is 3.01. The molecule has 7 heteroatoms.